The van der Waals surface area contributed by atoms with E-state index in [2.05, 4.69) is 10.4 Å². The van der Waals surface area contributed by atoms with E-state index in [0.717, 1.165) is 16.9 Å². The lowest BCUT2D eigenvalue weighted by Gasteiger charge is -2.20. The molecule has 0 saturated heterocycles. The van der Waals surface area contributed by atoms with E-state index in [9.17, 15) is 14.9 Å². The fraction of sp³-hybridized carbons (Fsp3) is 0.238. The van der Waals surface area contributed by atoms with E-state index >= 15 is 0 Å². The molecular formula is C21H22N4O4. The third-order valence-electron chi connectivity index (χ3n) is 4.71. The second-order valence-corrected chi connectivity index (χ2v) is 6.62. The number of nitro groups is 1. The van der Waals surface area contributed by atoms with Crippen LogP contribution in [0.5, 0.6) is 5.75 Å². The zero-order valence-electron chi connectivity index (χ0n) is 16.5. The Morgan fingerprint density at radius 2 is 1.76 bits per heavy atom. The molecule has 0 spiro atoms. The molecule has 1 atom stereocenters. The van der Waals surface area contributed by atoms with Crippen molar-refractivity contribution in [3.05, 3.63) is 87.2 Å². The average Bonchev–Trinajstić information content (AvgIpc) is 3.00. The van der Waals surface area contributed by atoms with Gasteiger partial charge in [-0.05, 0) is 37.1 Å². The maximum Gasteiger partial charge on any atom is 0.312 e. The summed E-state index contributed by atoms with van der Waals surface area (Å²) in [5.74, 6) is 0.428. The number of ether oxygens (including phenoxy) is 1. The number of carbonyl (C=O) groups is 1. The molecule has 0 aliphatic carbocycles. The Bertz CT molecular complexity index is 1010. The average molecular weight is 394 g/mol. The van der Waals surface area contributed by atoms with E-state index in [-0.39, 0.29) is 29.9 Å². The predicted molar refractivity (Wildman–Crippen MR) is 108 cm³/mol. The standard InChI is InChI=1S/C21H22N4O4/c1-14-21(25(27)28)15(2)24(23-14)13-19(26)22-20(16-7-5-4-6-8-16)17-9-11-18(29-3)12-10-17/h4-12,20H,13H2,1-3H3,(H,22,26)/t20-/m0/s1. The Morgan fingerprint density at radius 3 is 2.31 bits per heavy atom. The SMILES string of the molecule is COc1ccc([C@@H](NC(=O)Cn2nc(C)c([N+](=O)[O-])c2C)c2ccccc2)cc1. The molecule has 1 amide bonds. The van der Waals surface area contributed by atoms with Gasteiger partial charge in [0, 0.05) is 0 Å². The summed E-state index contributed by atoms with van der Waals surface area (Å²) in [6, 6.07) is 16.7. The molecule has 1 N–H and O–H groups in total. The van der Waals surface area contributed by atoms with Crippen LogP contribution in [-0.2, 0) is 11.3 Å². The number of nitrogens with zero attached hydrogens (tertiary/aromatic N) is 3. The summed E-state index contributed by atoms with van der Waals surface area (Å²) in [5, 5.41) is 18.3. The number of amides is 1. The summed E-state index contributed by atoms with van der Waals surface area (Å²) in [5.41, 5.74) is 2.39. The third kappa shape index (κ3) is 4.43. The molecule has 3 rings (SSSR count). The quantitative estimate of drug-likeness (QED) is 0.489. The van der Waals surface area contributed by atoms with Crippen LogP contribution in [0.3, 0.4) is 0 Å². The fourth-order valence-electron chi connectivity index (χ4n) is 3.25. The number of rotatable bonds is 7. The molecule has 1 heterocycles. The zero-order chi connectivity index (χ0) is 21.0. The topological polar surface area (TPSA) is 99.3 Å². The smallest absolute Gasteiger partial charge is 0.312 e. The number of benzene rings is 2. The molecule has 8 heteroatoms. The summed E-state index contributed by atoms with van der Waals surface area (Å²) in [4.78, 5) is 23.5. The molecule has 8 nitrogen and oxygen atoms in total. The van der Waals surface area contributed by atoms with Gasteiger partial charge in [0.05, 0.1) is 18.1 Å². The van der Waals surface area contributed by atoms with E-state index in [4.69, 9.17) is 4.74 Å². The number of nitrogens with one attached hydrogen (secondary N) is 1. The highest BCUT2D eigenvalue weighted by Gasteiger charge is 2.24. The first-order valence-electron chi connectivity index (χ1n) is 9.07. The van der Waals surface area contributed by atoms with Crippen molar-refractivity contribution in [3.63, 3.8) is 0 Å². The molecule has 0 fully saturated rings. The lowest BCUT2D eigenvalue weighted by Crippen LogP contribution is -2.32. The van der Waals surface area contributed by atoms with Crippen LogP contribution in [0.15, 0.2) is 54.6 Å². The Hall–Kier alpha value is -3.68. The van der Waals surface area contributed by atoms with Crippen molar-refractivity contribution in [2.75, 3.05) is 7.11 Å². The van der Waals surface area contributed by atoms with Crippen LogP contribution in [0.25, 0.3) is 0 Å². The monoisotopic (exact) mass is 394 g/mol. The molecule has 0 aliphatic rings. The highest BCUT2D eigenvalue weighted by Crippen LogP contribution is 2.25. The maximum absolute atomic E-state index is 12.8. The van der Waals surface area contributed by atoms with E-state index in [1.807, 2.05) is 54.6 Å². The second-order valence-electron chi connectivity index (χ2n) is 6.62. The number of hydrogen-bond donors (Lipinski definition) is 1. The van der Waals surface area contributed by atoms with E-state index in [1.165, 1.54) is 4.68 Å². The molecule has 0 unspecified atom stereocenters. The van der Waals surface area contributed by atoms with Crippen molar-refractivity contribution in [2.45, 2.75) is 26.4 Å². The van der Waals surface area contributed by atoms with Gasteiger partial charge < -0.3 is 10.1 Å². The normalized spacial score (nSPS) is 11.7. The molecule has 3 aromatic rings. The minimum absolute atomic E-state index is 0.0624. The highest BCUT2D eigenvalue weighted by molar-refractivity contribution is 5.77. The summed E-state index contributed by atoms with van der Waals surface area (Å²) >= 11 is 0. The fourth-order valence-corrected chi connectivity index (χ4v) is 3.25. The summed E-state index contributed by atoms with van der Waals surface area (Å²) in [7, 11) is 1.60. The third-order valence-corrected chi connectivity index (χ3v) is 4.71. The van der Waals surface area contributed by atoms with Gasteiger partial charge in [-0.1, -0.05) is 42.5 Å². The number of aryl methyl sites for hydroxylation is 1. The number of carbonyl (C=O) groups excluding carboxylic acids is 1. The highest BCUT2D eigenvalue weighted by atomic mass is 16.6. The molecule has 0 bridgehead atoms. The van der Waals surface area contributed by atoms with Gasteiger partial charge in [0.25, 0.3) is 0 Å². The first-order valence-corrected chi connectivity index (χ1v) is 9.07. The molecule has 0 saturated carbocycles. The summed E-state index contributed by atoms with van der Waals surface area (Å²) in [6.45, 7) is 3.03. The maximum atomic E-state index is 12.8. The van der Waals surface area contributed by atoms with Gasteiger partial charge in [0.1, 0.15) is 23.7 Å². The molecule has 0 aliphatic heterocycles. The van der Waals surface area contributed by atoms with Gasteiger partial charge in [-0.2, -0.15) is 5.10 Å². The van der Waals surface area contributed by atoms with Gasteiger partial charge in [-0.15, -0.1) is 0 Å². The Balaban J connectivity index is 1.85. The summed E-state index contributed by atoms with van der Waals surface area (Å²) in [6.07, 6.45) is 0. The molecule has 29 heavy (non-hydrogen) atoms. The van der Waals surface area contributed by atoms with Crippen molar-refractivity contribution in [1.29, 1.82) is 0 Å². The van der Waals surface area contributed by atoms with Crippen LogP contribution in [0.1, 0.15) is 28.6 Å². The lowest BCUT2D eigenvalue weighted by atomic mass is 9.98. The lowest BCUT2D eigenvalue weighted by molar-refractivity contribution is -0.386. The second kappa shape index (κ2) is 8.55. The molecular weight excluding hydrogens is 372 g/mol. The van der Waals surface area contributed by atoms with Crippen molar-refractivity contribution < 1.29 is 14.5 Å². The van der Waals surface area contributed by atoms with Gasteiger partial charge in [0.15, 0.2) is 0 Å². The zero-order valence-corrected chi connectivity index (χ0v) is 16.5. The molecule has 0 radical (unpaired) electrons. The first-order chi connectivity index (χ1) is 13.9. The summed E-state index contributed by atoms with van der Waals surface area (Å²) < 4.78 is 6.57. The van der Waals surface area contributed by atoms with Gasteiger partial charge in [-0.3, -0.25) is 19.6 Å². The Morgan fingerprint density at radius 1 is 1.14 bits per heavy atom. The first kappa shape index (κ1) is 20.1. The Kier molecular flexibility index (Phi) is 5.92. The van der Waals surface area contributed by atoms with E-state index < -0.39 is 4.92 Å². The van der Waals surface area contributed by atoms with Crippen molar-refractivity contribution >= 4 is 11.6 Å². The van der Waals surface area contributed by atoms with Crippen molar-refractivity contribution in [3.8, 4) is 5.75 Å². The van der Waals surface area contributed by atoms with E-state index in [1.54, 1.807) is 21.0 Å². The number of aromatic nitrogens is 2. The number of methoxy groups -OCH3 is 1. The minimum Gasteiger partial charge on any atom is -0.497 e. The van der Waals surface area contributed by atoms with Gasteiger partial charge in [-0.25, -0.2) is 0 Å². The molecule has 150 valence electrons. The van der Waals surface area contributed by atoms with Gasteiger partial charge >= 0.3 is 5.69 Å². The molecule has 2 aromatic carbocycles. The van der Waals surface area contributed by atoms with Crippen molar-refractivity contribution in [2.24, 2.45) is 0 Å². The largest absolute Gasteiger partial charge is 0.497 e. The minimum atomic E-state index is -0.476. The van der Waals surface area contributed by atoms with Crippen LogP contribution in [0, 0.1) is 24.0 Å². The van der Waals surface area contributed by atoms with Crippen LogP contribution >= 0.6 is 0 Å². The number of hydrogen-bond acceptors (Lipinski definition) is 5. The van der Waals surface area contributed by atoms with Crippen LogP contribution < -0.4 is 10.1 Å². The Labute approximate surface area is 168 Å². The predicted octanol–water partition coefficient (Wildman–Crippen LogP) is 3.32. The van der Waals surface area contributed by atoms with Crippen LogP contribution in [0.2, 0.25) is 0 Å². The van der Waals surface area contributed by atoms with Crippen molar-refractivity contribution in [1.82, 2.24) is 15.1 Å². The van der Waals surface area contributed by atoms with E-state index in [0.29, 0.717) is 5.69 Å². The van der Waals surface area contributed by atoms with Crippen LogP contribution in [0.4, 0.5) is 5.69 Å². The van der Waals surface area contributed by atoms with Gasteiger partial charge in [0.2, 0.25) is 5.91 Å². The molecule has 1 aromatic heterocycles. The van der Waals surface area contributed by atoms with Crippen LogP contribution in [-0.4, -0.2) is 27.7 Å².